The molecule has 2 N–H and O–H groups in total. The van der Waals surface area contributed by atoms with E-state index in [1.54, 1.807) is 12.3 Å². The number of halogens is 2. The second-order valence-corrected chi connectivity index (χ2v) is 5.17. The summed E-state index contributed by atoms with van der Waals surface area (Å²) >= 11 is 9.14. The fourth-order valence-electron chi connectivity index (χ4n) is 1.20. The van der Waals surface area contributed by atoms with Gasteiger partial charge in [0.05, 0.1) is 5.69 Å². The van der Waals surface area contributed by atoms with Crippen molar-refractivity contribution in [3.05, 3.63) is 21.9 Å². The summed E-state index contributed by atoms with van der Waals surface area (Å²) in [5.74, 6) is -0.0834. The Morgan fingerprint density at radius 2 is 2.29 bits per heavy atom. The van der Waals surface area contributed by atoms with E-state index in [-0.39, 0.29) is 5.91 Å². The van der Waals surface area contributed by atoms with Gasteiger partial charge in [0.1, 0.15) is 0 Å². The first-order valence-electron chi connectivity index (χ1n) is 5.33. The summed E-state index contributed by atoms with van der Waals surface area (Å²) in [5, 5.41) is 6.18. The number of rotatable bonds is 5. The van der Waals surface area contributed by atoms with Crippen LogP contribution in [0.25, 0.3) is 0 Å². The van der Waals surface area contributed by atoms with Crippen LogP contribution in [-0.2, 0) is 4.79 Å². The topological polar surface area (TPSA) is 54.0 Å². The van der Waals surface area contributed by atoms with Crippen molar-refractivity contribution >= 4 is 39.1 Å². The third-order valence-corrected chi connectivity index (χ3v) is 2.72. The highest BCUT2D eigenvalue weighted by molar-refractivity contribution is 9.10. The van der Waals surface area contributed by atoms with Gasteiger partial charge in [0.2, 0.25) is 5.91 Å². The second-order valence-electron chi connectivity index (χ2n) is 3.90. The van der Waals surface area contributed by atoms with Crippen LogP contribution in [0.2, 0.25) is 5.15 Å². The Kier molecular flexibility index (Phi) is 5.88. The molecule has 94 valence electrons. The number of pyridine rings is 1. The van der Waals surface area contributed by atoms with Crippen molar-refractivity contribution in [2.24, 2.45) is 0 Å². The predicted octanol–water partition coefficient (Wildman–Crippen LogP) is 2.82. The number of carbonyl (C=O) groups is 1. The van der Waals surface area contributed by atoms with E-state index >= 15 is 0 Å². The summed E-state index contributed by atoms with van der Waals surface area (Å²) in [5.41, 5.74) is 0.524. The number of nitrogens with one attached hydrogen (secondary N) is 2. The molecule has 0 aliphatic rings. The van der Waals surface area contributed by atoms with E-state index < -0.39 is 0 Å². The third-order valence-electron chi connectivity index (χ3n) is 1.98. The largest absolute Gasteiger partial charge is 0.323 e. The normalized spacial score (nSPS) is 10.6. The molecule has 0 saturated carbocycles. The van der Waals surface area contributed by atoms with Gasteiger partial charge >= 0.3 is 0 Å². The summed E-state index contributed by atoms with van der Waals surface area (Å²) in [7, 11) is 0. The highest BCUT2D eigenvalue weighted by atomic mass is 79.9. The van der Waals surface area contributed by atoms with Crippen molar-refractivity contribution in [1.29, 1.82) is 0 Å². The SMILES string of the molecule is CC(C)NCCC(=O)Nc1cc(Br)cnc1Cl. The van der Waals surface area contributed by atoms with Crippen LogP contribution in [0, 0.1) is 0 Å². The molecular weight excluding hydrogens is 305 g/mol. The molecule has 0 aliphatic heterocycles. The Hall–Kier alpha value is -0.650. The minimum absolute atomic E-state index is 0.0834. The molecule has 0 atom stereocenters. The van der Waals surface area contributed by atoms with Crippen LogP contribution in [0.4, 0.5) is 5.69 Å². The summed E-state index contributed by atoms with van der Waals surface area (Å²) in [4.78, 5) is 15.5. The van der Waals surface area contributed by atoms with Gasteiger partial charge in [0.15, 0.2) is 5.15 Å². The number of amides is 1. The maximum atomic E-state index is 11.6. The third kappa shape index (κ3) is 5.48. The van der Waals surface area contributed by atoms with Crippen LogP contribution in [0.5, 0.6) is 0 Å². The van der Waals surface area contributed by atoms with Gasteiger partial charge in [-0.05, 0) is 22.0 Å². The molecule has 1 rings (SSSR count). The second kappa shape index (κ2) is 6.93. The fraction of sp³-hybridized carbons (Fsp3) is 0.455. The molecule has 1 aromatic rings. The van der Waals surface area contributed by atoms with E-state index in [2.05, 4.69) is 31.5 Å². The van der Waals surface area contributed by atoms with Crippen molar-refractivity contribution in [1.82, 2.24) is 10.3 Å². The number of carbonyl (C=O) groups excluding carboxylic acids is 1. The molecule has 1 heterocycles. The highest BCUT2D eigenvalue weighted by Gasteiger charge is 2.07. The Morgan fingerprint density at radius 3 is 2.94 bits per heavy atom. The van der Waals surface area contributed by atoms with E-state index in [1.165, 1.54) is 0 Å². The maximum Gasteiger partial charge on any atom is 0.225 e. The van der Waals surface area contributed by atoms with Crippen molar-refractivity contribution in [2.45, 2.75) is 26.3 Å². The van der Waals surface area contributed by atoms with Gasteiger partial charge in [-0.25, -0.2) is 4.98 Å². The molecule has 1 aromatic heterocycles. The lowest BCUT2D eigenvalue weighted by Gasteiger charge is -2.09. The quantitative estimate of drug-likeness (QED) is 0.820. The van der Waals surface area contributed by atoms with Gasteiger partial charge in [-0.2, -0.15) is 0 Å². The van der Waals surface area contributed by atoms with Gasteiger partial charge in [0, 0.05) is 29.7 Å². The van der Waals surface area contributed by atoms with Crippen molar-refractivity contribution in [3.8, 4) is 0 Å². The van der Waals surface area contributed by atoms with E-state index in [4.69, 9.17) is 11.6 Å². The van der Waals surface area contributed by atoms with Gasteiger partial charge in [-0.15, -0.1) is 0 Å². The van der Waals surface area contributed by atoms with Gasteiger partial charge in [-0.3, -0.25) is 4.79 Å². The average molecular weight is 321 g/mol. The van der Waals surface area contributed by atoms with Crippen LogP contribution < -0.4 is 10.6 Å². The molecule has 0 spiro atoms. The lowest BCUT2D eigenvalue weighted by atomic mass is 10.3. The molecule has 0 bridgehead atoms. The summed E-state index contributed by atoms with van der Waals surface area (Å²) in [6.07, 6.45) is 1.99. The first-order chi connectivity index (χ1) is 7.99. The first kappa shape index (κ1) is 14.4. The number of aromatic nitrogens is 1. The molecule has 0 aromatic carbocycles. The van der Waals surface area contributed by atoms with Gasteiger partial charge in [-0.1, -0.05) is 25.4 Å². The lowest BCUT2D eigenvalue weighted by Crippen LogP contribution is -2.27. The van der Waals surface area contributed by atoms with Crippen molar-refractivity contribution in [3.63, 3.8) is 0 Å². The molecule has 0 saturated heterocycles. The molecular formula is C11H15BrClN3O. The van der Waals surface area contributed by atoms with E-state index in [9.17, 15) is 4.79 Å². The van der Waals surface area contributed by atoms with Crippen LogP contribution in [0.1, 0.15) is 20.3 Å². The zero-order chi connectivity index (χ0) is 12.8. The Balaban J connectivity index is 2.47. The molecule has 6 heteroatoms. The highest BCUT2D eigenvalue weighted by Crippen LogP contribution is 2.22. The van der Waals surface area contributed by atoms with E-state index in [0.29, 0.717) is 29.8 Å². The van der Waals surface area contributed by atoms with Crippen molar-refractivity contribution in [2.75, 3.05) is 11.9 Å². The van der Waals surface area contributed by atoms with Crippen LogP contribution in [0.15, 0.2) is 16.7 Å². The molecule has 0 unspecified atom stereocenters. The summed E-state index contributed by atoms with van der Waals surface area (Å²) in [6.45, 7) is 4.71. The van der Waals surface area contributed by atoms with Crippen LogP contribution in [-0.4, -0.2) is 23.5 Å². The zero-order valence-corrected chi connectivity index (χ0v) is 12.1. The first-order valence-corrected chi connectivity index (χ1v) is 6.50. The maximum absolute atomic E-state index is 11.6. The monoisotopic (exact) mass is 319 g/mol. The smallest absolute Gasteiger partial charge is 0.225 e. The Bertz CT molecular complexity index is 398. The van der Waals surface area contributed by atoms with E-state index in [0.717, 1.165) is 4.47 Å². The molecule has 4 nitrogen and oxygen atoms in total. The fourth-order valence-corrected chi connectivity index (χ4v) is 1.68. The number of hydrogen-bond donors (Lipinski definition) is 2. The standard InChI is InChI=1S/C11H15BrClN3O/c1-7(2)14-4-3-10(17)16-9-5-8(12)6-15-11(9)13/h5-7,14H,3-4H2,1-2H3,(H,16,17). The van der Waals surface area contributed by atoms with Gasteiger partial charge < -0.3 is 10.6 Å². The minimum atomic E-state index is -0.0834. The molecule has 0 fully saturated rings. The average Bonchev–Trinajstić information content (AvgIpc) is 2.23. The molecule has 17 heavy (non-hydrogen) atoms. The van der Waals surface area contributed by atoms with Crippen LogP contribution >= 0.6 is 27.5 Å². The lowest BCUT2D eigenvalue weighted by molar-refractivity contribution is -0.116. The molecule has 0 radical (unpaired) electrons. The zero-order valence-electron chi connectivity index (χ0n) is 9.76. The number of nitrogens with zero attached hydrogens (tertiary/aromatic N) is 1. The van der Waals surface area contributed by atoms with Crippen molar-refractivity contribution < 1.29 is 4.79 Å². The molecule has 0 aliphatic carbocycles. The number of anilines is 1. The Labute approximate surface area is 114 Å². The van der Waals surface area contributed by atoms with Crippen LogP contribution in [0.3, 0.4) is 0 Å². The minimum Gasteiger partial charge on any atom is -0.323 e. The Morgan fingerprint density at radius 1 is 1.59 bits per heavy atom. The molecule has 1 amide bonds. The van der Waals surface area contributed by atoms with Gasteiger partial charge in [0.25, 0.3) is 0 Å². The van der Waals surface area contributed by atoms with E-state index in [1.807, 2.05) is 13.8 Å². The predicted molar refractivity (Wildman–Crippen MR) is 73.3 cm³/mol. The summed E-state index contributed by atoms with van der Waals surface area (Å²) < 4.78 is 0.775. The summed E-state index contributed by atoms with van der Waals surface area (Å²) in [6, 6.07) is 2.10. The number of hydrogen-bond acceptors (Lipinski definition) is 3.